The molecule has 3 heterocycles. The van der Waals surface area contributed by atoms with Gasteiger partial charge in [-0.05, 0) is 53.1 Å². The van der Waals surface area contributed by atoms with Gasteiger partial charge in [-0.1, -0.05) is 36.4 Å². The number of nitro benzene ring substituents is 2. The fraction of sp³-hybridized carbons (Fsp3) is 0.206. The number of non-ortho nitro benzene ring substituents is 2. The zero-order valence-electron chi connectivity index (χ0n) is 25.1. The van der Waals surface area contributed by atoms with E-state index in [9.17, 15) is 29.8 Å². The van der Waals surface area contributed by atoms with Gasteiger partial charge in [0.15, 0.2) is 0 Å². The molecule has 4 atom stereocenters. The molecule has 2 saturated heterocycles. The van der Waals surface area contributed by atoms with Gasteiger partial charge in [0.25, 0.3) is 11.4 Å². The molecule has 0 N–H and O–H groups in total. The SMILES string of the molecule is O=C1C(Cl)C(c2ccc([N+](=O)[O-])cc2)N1c1ccc(CN2CCN=C2c2ccc(N3C(=O)C(Cl)C3c3ccc([N+](=O)[O-])cc3)cc2)cc1. The maximum atomic E-state index is 12.8. The van der Waals surface area contributed by atoms with E-state index in [1.54, 1.807) is 34.1 Å². The van der Waals surface area contributed by atoms with Gasteiger partial charge in [-0.15, -0.1) is 23.2 Å². The number of amides is 2. The lowest BCUT2D eigenvalue weighted by molar-refractivity contribution is -0.385. The summed E-state index contributed by atoms with van der Waals surface area (Å²) in [6.45, 7) is 1.94. The van der Waals surface area contributed by atoms with Gasteiger partial charge in [0.1, 0.15) is 16.6 Å². The molecule has 14 heteroatoms. The monoisotopic (exact) mass is 684 g/mol. The van der Waals surface area contributed by atoms with Crippen molar-refractivity contribution < 1.29 is 19.4 Å². The smallest absolute Gasteiger partial charge is 0.269 e. The standard InChI is InChI=1S/C34H26Cl2N6O6/c35-28-30(21-3-13-26(14-4-21)41(45)46)39(33(28)43)24-9-1-20(2-10-24)19-38-18-17-37-32(38)23-7-11-25(12-8-23)40-31(29(36)34(40)44)22-5-15-27(16-6-22)42(47)48/h1-16,28-31H,17-19H2. The Hall–Kier alpha value is -5.33. The molecule has 0 radical (unpaired) electrons. The highest BCUT2D eigenvalue weighted by Gasteiger charge is 2.49. The van der Waals surface area contributed by atoms with Crippen LogP contribution in [0.2, 0.25) is 0 Å². The Morgan fingerprint density at radius 2 is 1.10 bits per heavy atom. The molecule has 4 aromatic carbocycles. The Labute approximate surface area is 284 Å². The van der Waals surface area contributed by atoms with Gasteiger partial charge in [0.05, 0.1) is 28.5 Å². The molecule has 0 saturated carbocycles. The number of halogens is 2. The molecular formula is C34H26Cl2N6O6. The number of carbonyl (C=O) groups excluding carboxylic acids is 2. The van der Waals surface area contributed by atoms with E-state index in [1.807, 2.05) is 48.5 Å². The highest BCUT2D eigenvalue weighted by Crippen LogP contribution is 2.44. The summed E-state index contributed by atoms with van der Waals surface area (Å²) in [5.74, 6) is 0.353. The zero-order valence-corrected chi connectivity index (χ0v) is 26.6. The largest absolute Gasteiger partial charge is 0.350 e. The minimum atomic E-state index is -0.768. The Bertz CT molecular complexity index is 1950. The molecule has 4 aromatic rings. The maximum absolute atomic E-state index is 12.8. The van der Waals surface area contributed by atoms with Gasteiger partial charge in [0, 0.05) is 54.3 Å². The molecular weight excluding hydrogens is 659 g/mol. The van der Waals surface area contributed by atoms with Gasteiger partial charge in [-0.3, -0.25) is 34.8 Å². The number of rotatable bonds is 9. The quantitative estimate of drug-likeness (QED) is 0.0890. The molecule has 0 aromatic heterocycles. The first-order valence-electron chi connectivity index (χ1n) is 15.0. The number of nitrogens with zero attached hydrogens (tertiary/aromatic N) is 6. The van der Waals surface area contributed by atoms with Crippen LogP contribution in [0, 0.1) is 20.2 Å². The van der Waals surface area contributed by atoms with Crippen molar-refractivity contribution in [3.63, 3.8) is 0 Å². The summed E-state index contributed by atoms with van der Waals surface area (Å²) in [5, 5.41) is 20.6. The van der Waals surface area contributed by atoms with E-state index in [4.69, 9.17) is 28.2 Å². The van der Waals surface area contributed by atoms with Crippen molar-refractivity contribution in [1.82, 2.24) is 4.90 Å². The number of aliphatic imine (C=N–C) groups is 1. The predicted octanol–water partition coefficient (Wildman–Crippen LogP) is 6.16. The molecule has 3 aliphatic rings. The van der Waals surface area contributed by atoms with Crippen molar-refractivity contribution in [2.24, 2.45) is 4.99 Å². The summed E-state index contributed by atoms with van der Waals surface area (Å²) in [6.07, 6.45) is 0. The number of hydrogen-bond acceptors (Lipinski definition) is 8. The van der Waals surface area contributed by atoms with Crippen molar-refractivity contribution in [2.75, 3.05) is 22.9 Å². The molecule has 2 amide bonds. The number of nitro groups is 2. The third-order valence-corrected chi connectivity index (χ3v) is 9.72. The van der Waals surface area contributed by atoms with Gasteiger partial charge in [0.2, 0.25) is 11.8 Å². The summed E-state index contributed by atoms with van der Waals surface area (Å²) < 4.78 is 0. The van der Waals surface area contributed by atoms with Crippen LogP contribution >= 0.6 is 23.2 Å². The van der Waals surface area contributed by atoms with Crippen LogP contribution in [0.3, 0.4) is 0 Å². The Kier molecular flexibility index (Phi) is 8.06. The van der Waals surface area contributed by atoms with Gasteiger partial charge in [-0.2, -0.15) is 0 Å². The minimum Gasteiger partial charge on any atom is -0.350 e. The molecule has 4 unspecified atom stereocenters. The third kappa shape index (κ3) is 5.42. The second-order valence-electron chi connectivity index (χ2n) is 11.6. The molecule has 12 nitrogen and oxygen atoms in total. The molecule has 3 aliphatic heterocycles. The molecule has 0 spiro atoms. The predicted molar refractivity (Wildman–Crippen MR) is 181 cm³/mol. The minimum absolute atomic E-state index is 0.0313. The lowest BCUT2D eigenvalue weighted by atomic mass is 9.92. The van der Waals surface area contributed by atoms with Crippen LogP contribution < -0.4 is 9.80 Å². The first-order chi connectivity index (χ1) is 23.1. The number of hydrogen-bond donors (Lipinski definition) is 0. The van der Waals surface area contributed by atoms with E-state index < -0.39 is 32.7 Å². The number of carbonyl (C=O) groups is 2. The fourth-order valence-electron chi connectivity index (χ4n) is 6.37. The van der Waals surface area contributed by atoms with Crippen molar-refractivity contribution in [3.05, 3.63) is 140 Å². The molecule has 7 rings (SSSR count). The van der Waals surface area contributed by atoms with Crippen molar-refractivity contribution >= 4 is 63.6 Å². The van der Waals surface area contributed by atoms with E-state index >= 15 is 0 Å². The third-order valence-electron chi connectivity index (χ3n) is 8.87. The fourth-order valence-corrected chi connectivity index (χ4v) is 7.10. The summed E-state index contributed by atoms with van der Waals surface area (Å²) >= 11 is 12.8. The summed E-state index contributed by atoms with van der Waals surface area (Å²) in [6, 6.07) is 26.4. The zero-order chi connectivity index (χ0) is 33.7. The molecule has 0 bridgehead atoms. The number of alkyl halides is 2. The van der Waals surface area contributed by atoms with Gasteiger partial charge >= 0.3 is 0 Å². The van der Waals surface area contributed by atoms with Crippen molar-refractivity contribution in [1.29, 1.82) is 0 Å². The molecule has 242 valence electrons. The van der Waals surface area contributed by atoms with Crippen LogP contribution in [-0.2, 0) is 16.1 Å². The van der Waals surface area contributed by atoms with Gasteiger partial charge < -0.3 is 14.7 Å². The van der Waals surface area contributed by atoms with E-state index in [2.05, 4.69) is 4.90 Å². The second-order valence-corrected chi connectivity index (χ2v) is 12.6. The lowest BCUT2D eigenvalue weighted by Gasteiger charge is -2.44. The Morgan fingerprint density at radius 1 is 0.667 bits per heavy atom. The highest BCUT2D eigenvalue weighted by molar-refractivity contribution is 6.38. The van der Waals surface area contributed by atoms with Crippen LogP contribution in [0.15, 0.2) is 102 Å². The van der Waals surface area contributed by atoms with E-state index in [0.29, 0.717) is 30.0 Å². The van der Waals surface area contributed by atoms with Crippen LogP contribution in [0.25, 0.3) is 0 Å². The molecule has 0 aliphatic carbocycles. The van der Waals surface area contributed by atoms with E-state index in [-0.39, 0.29) is 23.2 Å². The summed E-state index contributed by atoms with van der Waals surface area (Å²) in [7, 11) is 0. The van der Waals surface area contributed by atoms with Crippen LogP contribution in [0.5, 0.6) is 0 Å². The Balaban J connectivity index is 1.03. The second kappa shape index (κ2) is 12.4. The first-order valence-corrected chi connectivity index (χ1v) is 15.9. The summed E-state index contributed by atoms with van der Waals surface area (Å²) in [5.41, 5.74) is 4.61. The normalized spacial score (nSPS) is 21.9. The number of β-lactam (4-membered cyclic amide) rings is 2. The number of amidine groups is 1. The average Bonchev–Trinajstić information content (AvgIpc) is 3.57. The maximum Gasteiger partial charge on any atom is 0.269 e. The molecule has 48 heavy (non-hydrogen) atoms. The first kappa shape index (κ1) is 31.3. The number of anilines is 2. The number of benzene rings is 4. The van der Waals surface area contributed by atoms with Crippen molar-refractivity contribution in [3.8, 4) is 0 Å². The topological polar surface area (TPSA) is 142 Å². The highest BCUT2D eigenvalue weighted by atomic mass is 35.5. The van der Waals surface area contributed by atoms with Crippen LogP contribution in [0.1, 0.15) is 34.3 Å². The summed E-state index contributed by atoms with van der Waals surface area (Å²) in [4.78, 5) is 56.8. The van der Waals surface area contributed by atoms with Crippen LogP contribution in [-0.4, -0.2) is 56.2 Å². The molecule has 2 fully saturated rings. The van der Waals surface area contributed by atoms with Gasteiger partial charge in [-0.25, -0.2) is 0 Å². The van der Waals surface area contributed by atoms with E-state index in [1.165, 1.54) is 24.3 Å². The average molecular weight is 686 g/mol. The Morgan fingerprint density at radius 3 is 1.54 bits per heavy atom. The lowest BCUT2D eigenvalue weighted by Crippen LogP contribution is -2.56. The van der Waals surface area contributed by atoms with Crippen LogP contribution in [0.4, 0.5) is 22.7 Å². The van der Waals surface area contributed by atoms with Crippen molar-refractivity contribution in [2.45, 2.75) is 29.4 Å². The van der Waals surface area contributed by atoms with E-state index in [0.717, 1.165) is 29.1 Å².